The van der Waals surface area contributed by atoms with Crippen LogP contribution in [0, 0.1) is 0 Å². The predicted octanol–water partition coefficient (Wildman–Crippen LogP) is 2.96. The molecule has 2 N–H and O–H groups in total. The summed E-state index contributed by atoms with van der Waals surface area (Å²) in [6, 6.07) is 3.18. The molecule has 1 atom stereocenters. The Morgan fingerprint density at radius 3 is 2.58 bits per heavy atom. The third kappa shape index (κ3) is 2.87. The number of alkyl halides is 3. The summed E-state index contributed by atoms with van der Waals surface area (Å²) in [6.07, 6.45) is -3.04. The predicted molar refractivity (Wildman–Crippen MR) is 64.0 cm³/mol. The molecule has 0 bridgehead atoms. The Labute approximate surface area is 112 Å². The fraction of sp³-hybridized carbons (Fsp3) is 0.273. The smallest absolute Gasteiger partial charge is 0.323 e. The normalized spacial score (nSPS) is 13.6. The first-order valence-corrected chi connectivity index (χ1v) is 5.72. The van der Waals surface area contributed by atoms with Crippen molar-refractivity contribution in [2.75, 3.05) is 0 Å². The zero-order valence-corrected chi connectivity index (χ0v) is 10.6. The number of nitrogens with two attached hydrogens (primary N) is 1. The van der Waals surface area contributed by atoms with E-state index in [-0.39, 0.29) is 16.8 Å². The molecule has 19 heavy (non-hydrogen) atoms. The van der Waals surface area contributed by atoms with Crippen LogP contribution in [0.2, 0.25) is 5.02 Å². The molecule has 0 spiro atoms. The van der Waals surface area contributed by atoms with Gasteiger partial charge in [0.15, 0.2) is 0 Å². The first kappa shape index (κ1) is 13.8. The van der Waals surface area contributed by atoms with E-state index in [1.807, 2.05) is 0 Å². The van der Waals surface area contributed by atoms with Gasteiger partial charge in [0, 0.05) is 6.04 Å². The van der Waals surface area contributed by atoms with Crippen LogP contribution in [0.25, 0.3) is 5.69 Å². The lowest BCUT2D eigenvalue weighted by Crippen LogP contribution is -2.07. The highest BCUT2D eigenvalue weighted by Crippen LogP contribution is 2.35. The van der Waals surface area contributed by atoms with Crippen LogP contribution in [0.4, 0.5) is 13.2 Å². The lowest BCUT2D eigenvalue weighted by molar-refractivity contribution is -0.137. The number of hydrogen-bond donors (Lipinski definition) is 1. The first-order chi connectivity index (χ1) is 8.79. The van der Waals surface area contributed by atoms with Crippen LogP contribution >= 0.6 is 11.6 Å². The molecule has 0 aliphatic rings. The summed E-state index contributed by atoms with van der Waals surface area (Å²) in [5.74, 6) is 0. The molecular weight excluding hydrogens is 281 g/mol. The molecule has 2 aromatic rings. The number of nitrogens with zero attached hydrogens (tertiary/aromatic N) is 3. The van der Waals surface area contributed by atoms with E-state index < -0.39 is 11.7 Å². The molecule has 0 aliphatic carbocycles. The summed E-state index contributed by atoms with van der Waals surface area (Å²) in [6.45, 7) is 1.71. The summed E-state index contributed by atoms with van der Waals surface area (Å²) in [7, 11) is 0. The minimum absolute atomic E-state index is 0.219. The van der Waals surface area contributed by atoms with E-state index in [1.165, 1.54) is 23.0 Å². The Kier molecular flexibility index (Phi) is 3.51. The summed E-state index contributed by atoms with van der Waals surface area (Å²) >= 11 is 5.54. The van der Waals surface area contributed by atoms with Crippen LogP contribution in [0.15, 0.2) is 24.4 Å². The van der Waals surface area contributed by atoms with E-state index in [9.17, 15) is 13.2 Å². The lowest BCUT2D eigenvalue weighted by Gasteiger charge is -2.10. The maximum absolute atomic E-state index is 12.7. The number of hydrogen-bond acceptors (Lipinski definition) is 3. The van der Waals surface area contributed by atoms with Gasteiger partial charge in [0.05, 0.1) is 28.2 Å². The zero-order chi connectivity index (χ0) is 14.2. The standard InChI is InChI=1S/C11H10ClF3N4/c1-6(16)10-5-19(18-17-10)7-2-3-9(12)8(4-7)11(13,14)15/h2-6H,16H2,1H3. The minimum Gasteiger partial charge on any atom is -0.323 e. The highest BCUT2D eigenvalue weighted by molar-refractivity contribution is 6.31. The SMILES string of the molecule is CC(N)c1cn(-c2ccc(Cl)c(C(F)(F)F)c2)nn1. The Morgan fingerprint density at radius 2 is 2.05 bits per heavy atom. The van der Waals surface area contributed by atoms with Gasteiger partial charge < -0.3 is 5.73 Å². The molecule has 1 unspecified atom stereocenters. The van der Waals surface area contributed by atoms with Crippen molar-refractivity contribution in [3.8, 4) is 5.69 Å². The highest BCUT2D eigenvalue weighted by atomic mass is 35.5. The molecule has 0 saturated carbocycles. The van der Waals surface area contributed by atoms with Crippen molar-refractivity contribution in [2.24, 2.45) is 5.73 Å². The van der Waals surface area contributed by atoms with Crippen LogP contribution in [-0.4, -0.2) is 15.0 Å². The second-order valence-corrected chi connectivity index (χ2v) is 4.45. The van der Waals surface area contributed by atoms with Crippen molar-refractivity contribution in [3.05, 3.63) is 40.7 Å². The van der Waals surface area contributed by atoms with Crippen molar-refractivity contribution in [1.29, 1.82) is 0 Å². The summed E-state index contributed by atoms with van der Waals surface area (Å²) < 4.78 is 39.4. The maximum Gasteiger partial charge on any atom is 0.417 e. The van der Waals surface area contributed by atoms with Crippen molar-refractivity contribution in [2.45, 2.75) is 19.1 Å². The molecule has 1 heterocycles. The molecule has 0 radical (unpaired) electrons. The quantitative estimate of drug-likeness (QED) is 0.925. The second kappa shape index (κ2) is 4.82. The third-order valence-electron chi connectivity index (χ3n) is 2.50. The zero-order valence-electron chi connectivity index (χ0n) is 9.82. The van der Waals surface area contributed by atoms with Gasteiger partial charge in [0.25, 0.3) is 0 Å². The van der Waals surface area contributed by atoms with Crippen molar-refractivity contribution in [3.63, 3.8) is 0 Å². The van der Waals surface area contributed by atoms with Gasteiger partial charge in [-0.25, -0.2) is 4.68 Å². The van der Waals surface area contributed by atoms with Gasteiger partial charge in [-0.15, -0.1) is 5.10 Å². The van der Waals surface area contributed by atoms with E-state index in [2.05, 4.69) is 10.3 Å². The third-order valence-corrected chi connectivity index (χ3v) is 2.83. The number of benzene rings is 1. The molecule has 8 heteroatoms. The monoisotopic (exact) mass is 290 g/mol. The van der Waals surface area contributed by atoms with Gasteiger partial charge in [-0.3, -0.25) is 0 Å². The molecular formula is C11H10ClF3N4. The Hall–Kier alpha value is -1.60. The van der Waals surface area contributed by atoms with E-state index in [0.717, 1.165) is 6.07 Å². The summed E-state index contributed by atoms with van der Waals surface area (Å²) in [5.41, 5.74) is 5.41. The van der Waals surface area contributed by atoms with Gasteiger partial charge in [0.2, 0.25) is 0 Å². The van der Waals surface area contributed by atoms with E-state index >= 15 is 0 Å². The number of rotatable bonds is 2. The average molecular weight is 291 g/mol. The molecule has 0 aliphatic heterocycles. The van der Waals surface area contributed by atoms with Crippen LogP contribution < -0.4 is 5.73 Å². The molecule has 4 nitrogen and oxygen atoms in total. The lowest BCUT2D eigenvalue weighted by atomic mass is 10.2. The Morgan fingerprint density at radius 1 is 1.37 bits per heavy atom. The van der Waals surface area contributed by atoms with E-state index in [1.54, 1.807) is 6.92 Å². The van der Waals surface area contributed by atoms with Crippen LogP contribution in [0.3, 0.4) is 0 Å². The maximum atomic E-state index is 12.7. The Bertz CT molecular complexity index is 592. The number of aromatic nitrogens is 3. The van der Waals surface area contributed by atoms with Crippen molar-refractivity contribution < 1.29 is 13.2 Å². The second-order valence-electron chi connectivity index (χ2n) is 4.04. The fourth-order valence-corrected chi connectivity index (χ4v) is 1.71. The Balaban J connectivity index is 2.45. The van der Waals surface area contributed by atoms with Gasteiger partial charge in [-0.2, -0.15) is 13.2 Å². The number of halogens is 4. The molecule has 0 saturated heterocycles. The summed E-state index contributed by atoms with van der Waals surface area (Å²) in [5, 5.41) is 7.16. The van der Waals surface area contributed by atoms with Crippen LogP contribution in [-0.2, 0) is 6.18 Å². The van der Waals surface area contributed by atoms with Crippen LogP contribution in [0.1, 0.15) is 24.2 Å². The van der Waals surface area contributed by atoms with Gasteiger partial charge in [0.1, 0.15) is 0 Å². The van der Waals surface area contributed by atoms with Crippen molar-refractivity contribution >= 4 is 11.6 Å². The van der Waals surface area contributed by atoms with E-state index in [4.69, 9.17) is 17.3 Å². The molecule has 0 amide bonds. The summed E-state index contributed by atoms with van der Waals surface area (Å²) in [4.78, 5) is 0. The van der Waals surface area contributed by atoms with Gasteiger partial charge in [-0.1, -0.05) is 16.8 Å². The van der Waals surface area contributed by atoms with Gasteiger partial charge in [-0.05, 0) is 25.1 Å². The molecule has 1 aromatic carbocycles. The molecule has 2 rings (SSSR count). The highest BCUT2D eigenvalue weighted by Gasteiger charge is 2.33. The molecule has 0 fully saturated rings. The van der Waals surface area contributed by atoms with E-state index in [0.29, 0.717) is 5.69 Å². The average Bonchev–Trinajstić information content (AvgIpc) is 2.77. The van der Waals surface area contributed by atoms with Crippen molar-refractivity contribution in [1.82, 2.24) is 15.0 Å². The fourth-order valence-electron chi connectivity index (χ4n) is 1.48. The van der Waals surface area contributed by atoms with Crippen LogP contribution in [0.5, 0.6) is 0 Å². The first-order valence-electron chi connectivity index (χ1n) is 5.34. The largest absolute Gasteiger partial charge is 0.417 e. The molecule has 102 valence electrons. The molecule has 1 aromatic heterocycles. The minimum atomic E-state index is -4.52. The van der Waals surface area contributed by atoms with Gasteiger partial charge >= 0.3 is 6.18 Å². The topological polar surface area (TPSA) is 56.7 Å².